The standard InChI is InChI=1S/C16H25NO2/c1-12-9-14(16(2,3)4)10-13(15(12)18)11-17-5-7-19-8-6-17/h9-10,18H,5-8,11H2,1-4H3. The SMILES string of the molecule is Cc1cc(C(C)(C)C)cc(CN2CCOCC2)c1O. The van der Waals surface area contributed by atoms with Gasteiger partial charge in [0.25, 0.3) is 0 Å². The second-order valence-electron chi connectivity index (χ2n) is 6.44. The summed E-state index contributed by atoms with van der Waals surface area (Å²) in [6.45, 7) is 12.9. The van der Waals surface area contributed by atoms with Gasteiger partial charge >= 0.3 is 0 Å². The molecule has 0 aromatic heterocycles. The molecule has 2 rings (SSSR count). The van der Waals surface area contributed by atoms with E-state index in [0.717, 1.165) is 44.0 Å². The van der Waals surface area contributed by atoms with E-state index < -0.39 is 0 Å². The van der Waals surface area contributed by atoms with Crippen LogP contribution in [0.1, 0.15) is 37.5 Å². The number of ether oxygens (including phenoxy) is 1. The van der Waals surface area contributed by atoms with Gasteiger partial charge in [0.2, 0.25) is 0 Å². The van der Waals surface area contributed by atoms with Crippen LogP contribution in [0.5, 0.6) is 5.75 Å². The number of nitrogens with zero attached hydrogens (tertiary/aromatic N) is 1. The highest BCUT2D eigenvalue weighted by Gasteiger charge is 2.19. The van der Waals surface area contributed by atoms with E-state index in [-0.39, 0.29) is 5.41 Å². The Morgan fingerprint density at radius 1 is 1.21 bits per heavy atom. The van der Waals surface area contributed by atoms with Gasteiger partial charge in [-0.25, -0.2) is 0 Å². The Balaban J connectivity index is 2.25. The summed E-state index contributed by atoms with van der Waals surface area (Å²) >= 11 is 0. The number of morpholine rings is 1. The van der Waals surface area contributed by atoms with Crippen molar-refractivity contribution in [3.8, 4) is 5.75 Å². The average molecular weight is 263 g/mol. The van der Waals surface area contributed by atoms with Crippen LogP contribution < -0.4 is 0 Å². The number of hydrogen-bond donors (Lipinski definition) is 1. The molecule has 1 aromatic rings. The maximum Gasteiger partial charge on any atom is 0.122 e. The number of hydrogen-bond acceptors (Lipinski definition) is 3. The Kier molecular flexibility index (Phi) is 4.16. The summed E-state index contributed by atoms with van der Waals surface area (Å²) in [4.78, 5) is 2.34. The van der Waals surface area contributed by atoms with Crippen molar-refractivity contribution in [2.24, 2.45) is 0 Å². The maximum absolute atomic E-state index is 10.3. The number of benzene rings is 1. The molecule has 106 valence electrons. The molecule has 0 amide bonds. The van der Waals surface area contributed by atoms with E-state index in [2.05, 4.69) is 37.8 Å². The van der Waals surface area contributed by atoms with Crippen molar-refractivity contribution in [2.75, 3.05) is 26.3 Å². The highest BCUT2D eigenvalue weighted by Crippen LogP contribution is 2.31. The summed E-state index contributed by atoms with van der Waals surface area (Å²) in [6, 6.07) is 4.25. The van der Waals surface area contributed by atoms with Crippen molar-refractivity contribution < 1.29 is 9.84 Å². The number of phenols is 1. The third-order valence-electron chi connectivity index (χ3n) is 3.74. The summed E-state index contributed by atoms with van der Waals surface area (Å²) in [5, 5.41) is 10.3. The van der Waals surface area contributed by atoms with Gasteiger partial charge in [-0.05, 0) is 23.5 Å². The van der Waals surface area contributed by atoms with Crippen molar-refractivity contribution in [3.63, 3.8) is 0 Å². The van der Waals surface area contributed by atoms with E-state index in [9.17, 15) is 5.11 Å². The van der Waals surface area contributed by atoms with Crippen LogP contribution in [0.4, 0.5) is 0 Å². The van der Waals surface area contributed by atoms with Crippen LogP contribution in [0.15, 0.2) is 12.1 Å². The minimum atomic E-state index is 0.109. The second-order valence-corrected chi connectivity index (χ2v) is 6.44. The molecule has 3 heteroatoms. The molecule has 0 radical (unpaired) electrons. The normalized spacial score (nSPS) is 17.7. The van der Waals surface area contributed by atoms with Gasteiger partial charge in [0.15, 0.2) is 0 Å². The zero-order valence-electron chi connectivity index (χ0n) is 12.5. The molecule has 3 nitrogen and oxygen atoms in total. The lowest BCUT2D eigenvalue weighted by Crippen LogP contribution is -2.35. The zero-order chi connectivity index (χ0) is 14.0. The largest absolute Gasteiger partial charge is 0.507 e. The second kappa shape index (κ2) is 5.51. The quantitative estimate of drug-likeness (QED) is 0.890. The first kappa shape index (κ1) is 14.4. The van der Waals surface area contributed by atoms with Crippen molar-refractivity contribution in [1.29, 1.82) is 0 Å². The van der Waals surface area contributed by atoms with Crippen molar-refractivity contribution in [2.45, 2.75) is 39.7 Å². The molecule has 0 aliphatic carbocycles. The van der Waals surface area contributed by atoms with Gasteiger partial charge in [-0.2, -0.15) is 0 Å². The molecule has 0 bridgehead atoms. The van der Waals surface area contributed by atoms with E-state index in [1.165, 1.54) is 5.56 Å². The minimum Gasteiger partial charge on any atom is -0.507 e. The maximum atomic E-state index is 10.3. The number of aryl methyl sites for hydroxylation is 1. The van der Waals surface area contributed by atoms with E-state index in [0.29, 0.717) is 5.75 Å². The van der Waals surface area contributed by atoms with Crippen molar-refractivity contribution in [1.82, 2.24) is 4.90 Å². The van der Waals surface area contributed by atoms with Gasteiger partial charge in [0, 0.05) is 25.2 Å². The summed E-state index contributed by atoms with van der Waals surface area (Å²) in [7, 11) is 0. The van der Waals surface area contributed by atoms with E-state index in [4.69, 9.17) is 4.74 Å². The van der Waals surface area contributed by atoms with Crippen LogP contribution in [-0.2, 0) is 16.7 Å². The van der Waals surface area contributed by atoms with Crippen LogP contribution in [-0.4, -0.2) is 36.3 Å². The molecule has 19 heavy (non-hydrogen) atoms. The predicted octanol–water partition coefficient (Wildman–Crippen LogP) is 2.83. The summed E-state index contributed by atoms with van der Waals surface area (Å²) in [5.41, 5.74) is 3.40. The Morgan fingerprint density at radius 3 is 2.42 bits per heavy atom. The summed E-state index contributed by atoms with van der Waals surface area (Å²) in [6.07, 6.45) is 0. The third kappa shape index (κ3) is 3.48. The Bertz CT molecular complexity index is 443. The monoisotopic (exact) mass is 263 g/mol. The molecule has 1 fully saturated rings. The molecule has 1 aliphatic heterocycles. The lowest BCUT2D eigenvalue weighted by molar-refractivity contribution is 0.0338. The van der Waals surface area contributed by atoms with Crippen LogP contribution in [0, 0.1) is 6.92 Å². The predicted molar refractivity (Wildman–Crippen MR) is 77.6 cm³/mol. The fourth-order valence-corrected chi connectivity index (χ4v) is 2.41. The highest BCUT2D eigenvalue weighted by atomic mass is 16.5. The fourth-order valence-electron chi connectivity index (χ4n) is 2.41. The van der Waals surface area contributed by atoms with Crippen LogP contribution >= 0.6 is 0 Å². The zero-order valence-corrected chi connectivity index (χ0v) is 12.5. The van der Waals surface area contributed by atoms with Crippen molar-refractivity contribution in [3.05, 3.63) is 28.8 Å². The third-order valence-corrected chi connectivity index (χ3v) is 3.74. The highest BCUT2D eigenvalue weighted by molar-refractivity contribution is 5.45. The molecule has 1 N–H and O–H groups in total. The first-order valence-electron chi connectivity index (χ1n) is 7.01. The molecule has 1 saturated heterocycles. The first-order chi connectivity index (χ1) is 8.88. The van der Waals surface area contributed by atoms with Gasteiger partial charge < -0.3 is 9.84 Å². The van der Waals surface area contributed by atoms with E-state index >= 15 is 0 Å². The number of phenolic OH excluding ortho intramolecular Hbond substituents is 1. The molecule has 0 unspecified atom stereocenters. The van der Waals surface area contributed by atoms with E-state index in [1.807, 2.05) is 6.92 Å². The van der Waals surface area contributed by atoms with Crippen LogP contribution in [0.3, 0.4) is 0 Å². The van der Waals surface area contributed by atoms with Crippen LogP contribution in [0.2, 0.25) is 0 Å². The van der Waals surface area contributed by atoms with Gasteiger partial charge in [-0.1, -0.05) is 32.9 Å². The van der Waals surface area contributed by atoms with Crippen LogP contribution in [0.25, 0.3) is 0 Å². The Labute approximate surface area is 116 Å². The molecular weight excluding hydrogens is 238 g/mol. The van der Waals surface area contributed by atoms with Gasteiger partial charge in [-0.3, -0.25) is 4.90 Å². The number of rotatable bonds is 2. The minimum absolute atomic E-state index is 0.109. The Morgan fingerprint density at radius 2 is 1.84 bits per heavy atom. The smallest absolute Gasteiger partial charge is 0.122 e. The molecule has 1 aromatic carbocycles. The molecule has 1 heterocycles. The lowest BCUT2D eigenvalue weighted by atomic mass is 9.85. The molecular formula is C16H25NO2. The first-order valence-corrected chi connectivity index (χ1v) is 7.01. The van der Waals surface area contributed by atoms with Gasteiger partial charge in [-0.15, -0.1) is 0 Å². The molecule has 0 spiro atoms. The molecule has 0 saturated carbocycles. The molecule has 0 atom stereocenters. The van der Waals surface area contributed by atoms with Gasteiger partial charge in [0.05, 0.1) is 13.2 Å². The lowest BCUT2D eigenvalue weighted by Gasteiger charge is -2.28. The average Bonchev–Trinajstić information content (AvgIpc) is 2.34. The topological polar surface area (TPSA) is 32.7 Å². The summed E-state index contributed by atoms with van der Waals surface area (Å²) in [5.74, 6) is 0.444. The fraction of sp³-hybridized carbons (Fsp3) is 0.625. The van der Waals surface area contributed by atoms with Crippen molar-refractivity contribution >= 4 is 0 Å². The van der Waals surface area contributed by atoms with E-state index in [1.54, 1.807) is 0 Å². The Hall–Kier alpha value is -1.06. The molecule has 1 aliphatic rings. The van der Waals surface area contributed by atoms with Gasteiger partial charge in [0.1, 0.15) is 5.75 Å². The number of aromatic hydroxyl groups is 1. The summed E-state index contributed by atoms with van der Waals surface area (Å²) < 4.78 is 5.37.